The molecular weight excluding hydrogens is 208 g/mol. The number of nitrogens with zero attached hydrogens (tertiary/aromatic N) is 1. The Balaban J connectivity index is 2.43. The quantitative estimate of drug-likeness (QED) is 0.624. The molecule has 1 aliphatic rings. The van der Waals surface area contributed by atoms with Gasteiger partial charge in [-0.2, -0.15) is 0 Å². The molecule has 16 heavy (non-hydrogen) atoms. The molecule has 5 nitrogen and oxygen atoms in total. The number of hydrogen-bond acceptors (Lipinski definition) is 4. The standard InChI is InChI=1S/C11H14N2O3/c1-16-11-9(8-5-6-12-7-8)3-2-4-10(11)13(14)15/h2-4,8,12H,5-7H2,1H3. The minimum absolute atomic E-state index is 0.0481. The third-order valence-corrected chi connectivity index (χ3v) is 2.93. The van der Waals surface area contributed by atoms with Gasteiger partial charge in [-0.25, -0.2) is 0 Å². The number of nitrogens with one attached hydrogen (secondary N) is 1. The third-order valence-electron chi connectivity index (χ3n) is 2.93. The van der Waals surface area contributed by atoms with Gasteiger partial charge >= 0.3 is 5.69 Å². The molecule has 0 aliphatic carbocycles. The van der Waals surface area contributed by atoms with E-state index in [4.69, 9.17) is 4.74 Å². The van der Waals surface area contributed by atoms with Crippen LogP contribution in [-0.2, 0) is 0 Å². The molecule has 1 atom stereocenters. The third kappa shape index (κ3) is 1.86. The van der Waals surface area contributed by atoms with Gasteiger partial charge in [0, 0.05) is 24.1 Å². The summed E-state index contributed by atoms with van der Waals surface area (Å²) in [7, 11) is 1.48. The van der Waals surface area contributed by atoms with Crippen LogP contribution < -0.4 is 10.1 Å². The lowest BCUT2D eigenvalue weighted by Gasteiger charge is -2.13. The Kier molecular flexibility index (Phi) is 3.05. The second kappa shape index (κ2) is 4.49. The largest absolute Gasteiger partial charge is 0.490 e. The van der Waals surface area contributed by atoms with Crippen LogP contribution in [0.5, 0.6) is 5.75 Å². The number of hydrogen-bond donors (Lipinski definition) is 1. The minimum atomic E-state index is -0.398. The van der Waals surface area contributed by atoms with Crippen molar-refractivity contribution in [1.82, 2.24) is 5.32 Å². The van der Waals surface area contributed by atoms with E-state index in [0.717, 1.165) is 25.1 Å². The van der Waals surface area contributed by atoms with Crippen molar-refractivity contribution in [3.8, 4) is 5.75 Å². The summed E-state index contributed by atoms with van der Waals surface area (Å²) in [4.78, 5) is 10.5. The summed E-state index contributed by atoms with van der Waals surface area (Å²) < 4.78 is 5.18. The highest BCUT2D eigenvalue weighted by molar-refractivity contribution is 5.53. The van der Waals surface area contributed by atoms with Crippen molar-refractivity contribution >= 4 is 5.69 Å². The molecule has 1 heterocycles. The Bertz CT molecular complexity index is 400. The number of methoxy groups -OCH3 is 1. The molecule has 2 rings (SSSR count). The SMILES string of the molecule is COc1c(C2CCNC2)cccc1[N+](=O)[O-]. The van der Waals surface area contributed by atoms with E-state index < -0.39 is 4.92 Å². The summed E-state index contributed by atoms with van der Waals surface area (Å²) in [5.74, 6) is 0.719. The molecule has 0 spiro atoms. The van der Waals surface area contributed by atoms with Crippen LogP contribution in [0.4, 0.5) is 5.69 Å². The van der Waals surface area contributed by atoms with E-state index in [2.05, 4.69) is 5.32 Å². The van der Waals surface area contributed by atoms with Crippen LogP contribution in [0.3, 0.4) is 0 Å². The molecule has 0 aromatic heterocycles. The van der Waals surface area contributed by atoms with Gasteiger partial charge in [-0.05, 0) is 13.0 Å². The van der Waals surface area contributed by atoms with E-state index in [-0.39, 0.29) is 5.69 Å². The summed E-state index contributed by atoms with van der Waals surface area (Å²) in [6, 6.07) is 5.10. The molecule has 5 heteroatoms. The number of ether oxygens (including phenoxy) is 1. The van der Waals surface area contributed by atoms with E-state index >= 15 is 0 Å². The molecular formula is C11H14N2O3. The molecule has 1 N–H and O–H groups in total. The van der Waals surface area contributed by atoms with Crippen molar-refractivity contribution in [3.63, 3.8) is 0 Å². The molecule has 1 aromatic rings. The topological polar surface area (TPSA) is 64.4 Å². The lowest BCUT2D eigenvalue weighted by molar-refractivity contribution is -0.385. The van der Waals surface area contributed by atoms with Crippen molar-refractivity contribution < 1.29 is 9.66 Å². The Morgan fingerprint density at radius 2 is 2.38 bits per heavy atom. The van der Waals surface area contributed by atoms with Gasteiger partial charge in [0.25, 0.3) is 0 Å². The lowest BCUT2D eigenvalue weighted by atomic mass is 9.97. The molecule has 0 bridgehead atoms. The fourth-order valence-electron chi connectivity index (χ4n) is 2.15. The van der Waals surface area contributed by atoms with Crippen LogP contribution in [0, 0.1) is 10.1 Å². The van der Waals surface area contributed by atoms with E-state index in [1.807, 2.05) is 6.07 Å². The second-order valence-corrected chi connectivity index (χ2v) is 3.85. The first-order chi connectivity index (χ1) is 7.74. The lowest BCUT2D eigenvalue weighted by Crippen LogP contribution is -2.09. The summed E-state index contributed by atoms with van der Waals surface area (Å²) in [5, 5.41) is 14.1. The zero-order valence-corrected chi connectivity index (χ0v) is 9.10. The first-order valence-corrected chi connectivity index (χ1v) is 5.26. The molecule has 1 unspecified atom stereocenters. The zero-order valence-electron chi connectivity index (χ0n) is 9.10. The average molecular weight is 222 g/mol. The molecule has 0 amide bonds. The van der Waals surface area contributed by atoms with Gasteiger partial charge in [-0.15, -0.1) is 0 Å². The first kappa shape index (κ1) is 10.9. The number of rotatable bonds is 3. The molecule has 1 fully saturated rings. The maximum Gasteiger partial charge on any atom is 0.311 e. The van der Waals surface area contributed by atoms with Crippen LogP contribution >= 0.6 is 0 Å². The summed E-state index contributed by atoms with van der Waals surface area (Å²) >= 11 is 0. The molecule has 0 saturated carbocycles. The highest BCUT2D eigenvalue weighted by Gasteiger charge is 2.25. The smallest absolute Gasteiger partial charge is 0.311 e. The van der Waals surface area contributed by atoms with E-state index in [0.29, 0.717) is 11.7 Å². The molecule has 1 aliphatic heterocycles. The van der Waals surface area contributed by atoms with Gasteiger partial charge in [-0.3, -0.25) is 10.1 Å². The fourth-order valence-corrected chi connectivity index (χ4v) is 2.15. The van der Waals surface area contributed by atoms with Gasteiger partial charge < -0.3 is 10.1 Å². The molecule has 0 radical (unpaired) electrons. The predicted molar refractivity (Wildman–Crippen MR) is 59.9 cm³/mol. The Morgan fingerprint density at radius 1 is 1.56 bits per heavy atom. The van der Waals surface area contributed by atoms with Gasteiger partial charge in [0.2, 0.25) is 0 Å². The van der Waals surface area contributed by atoms with E-state index in [1.54, 1.807) is 6.07 Å². The average Bonchev–Trinajstić information content (AvgIpc) is 2.81. The van der Waals surface area contributed by atoms with Crippen molar-refractivity contribution in [2.75, 3.05) is 20.2 Å². The molecule has 1 saturated heterocycles. The van der Waals surface area contributed by atoms with E-state index in [1.165, 1.54) is 13.2 Å². The predicted octanol–water partition coefficient (Wildman–Crippen LogP) is 1.68. The Morgan fingerprint density at radius 3 is 2.94 bits per heavy atom. The number of nitro groups is 1. The van der Waals surface area contributed by atoms with Crippen LogP contribution in [0.25, 0.3) is 0 Å². The monoisotopic (exact) mass is 222 g/mol. The fraction of sp³-hybridized carbons (Fsp3) is 0.455. The Labute approximate surface area is 93.6 Å². The summed E-state index contributed by atoms with van der Waals surface area (Å²) in [6.45, 7) is 1.81. The van der Waals surface area contributed by atoms with Crippen molar-refractivity contribution in [3.05, 3.63) is 33.9 Å². The zero-order chi connectivity index (χ0) is 11.5. The van der Waals surface area contributed by atoms with Gasteiger partial charge in [0.1, 0.15) is 0 Å². The Hall–Kier alpha value is -1.62. The van der Waals surface area contributed by atoms with Crippen LogP contribution in [0.1, 0.15) is 17.9 Å². The number of benzene rings is 1. The van der Waals surface area contributed by atoms with Gasteiger partial charge in [-0.1, -0.05) is 12.1 Å². The second-order valence-electron chi connectivity index (χ2n) is 3.85. The van der Waals surface area contributed by atoms with Gasteiger partial charge in [0.15, 0.2) is 5.75 Å². The van der Waals surface area contributed by atoms with Gasteiger partial charge in [0.05, 0.1) is 12.0 Å². The van der Waals surface area contributed by atoms with Crippen molar-refractivity contribution in [1.29, 1.82) is 0 Å². The summed E-state index contributed by atoms with van der Waals surface area (Å²) in [5.41, 5.74) is 0.980. The van der Waals surface area contributed by atoms with Crippen molar-refractivity contribution in [2.24, 2.45) is 0 Å². The number of para-hydroxylation sites is 1. The van der Waals surface area contributed by atoms with Crippen LogP contribution in [0.2, 0.25) is 0 Å². The number of nitro benzene ring substituents is 1. The molecule has 1 aromatic carbocycles. The first-order valence-electron chi connectivity index (χ1n) is 5.26. The summed E-state index contributed by atoms with van der Waals surface area (Å²) in [6.07, 6.45) is 0.998. The van der Waals surface area contributed by atoms with Crippen molar-refractivity contribution in [2.45, 2.75) is 12.3 Å². The maximum absolute atomic E-state index is 10.9. The normalized spacial score (nSPS) is 19.7. The maximum atomic E-state index is 10.9. The molecule has 86 valence electrons. The minimum Gasteiger partial charge on any atom is -0.490 e. The highest BCUT2D eigenvalue weighted by Crippen LogP contribution is 2.37. The van der Waals surface area contributed by atoms with E-state index in [9.17, 15) is 10.1 Å². The highest BCUT2D eigenvalue weighted by atomic mass is 16.6. The van der Waals surface area contributed by atoms with Crippen LogP contribution in [-0.4, -0.2) is 25.1 Å². The van der Waals surface area contributed by atoms with Crippen LogP contribution in [0.15, 0.2) is 18.2 Å².